The smallest absolute Gasteiger partial charge is 0.252 e. The third-order valence-corrected chi connectivity index (χ3v) is 6.29. The van der Waals surface area contributed by atoms with Crippen LogP contribution >= 0.6 is 0 Å². The SMILES string of the molecule is CC=C(C)[SiH2]OC(CC)(O[SiH3])O[SiH2]C(C)=CC. The summed E-state index contributed by atoms with van der Waals surface area (Å²) in [5.74, 6) is -0.751. The van der Waals surface area contributed by atoms with Gasteiger partial charge in [-0.15, -0.1) is 0 Å². The molecule has 0 radical (unpaired) electrons. The van der Waals surface area contributed by atoms with Crippen molar-refractivity contribution in [1.82, 2.24) is 0 Å². The van der Waals surface area contributed by atoms with E-state index in [0.717, 1.165) is 6.42 Å². The Labute approximate surface area is 113 Å². The zero-order chi connectivity index (χ0) is 13.3. The molecule has 3 nitrogen and oxygen atoms in total. The fourth-order valence-corrected chi connectivity index (χ4v) is 4.32. The molecule has 0 heterocycles. The normalized spacial score (nSPS) is 18.6. The third kappa shape index (κ3) is 6.49. The summed E-state index contributed by atoms with van der Waals surface area (Å²) in [7, 11) is -0.777. The molecule has 0 saturated carbocycles. The predicted molar refractivity (Wildman–Crippen MR) is 82.2 cm³/mol. The summed E-state index contributed by atoms with van der Waals surface area (Å²) in [5.41, 5.74) is 0. The molecule has 17 heavy (non-hydrogen) atoms. The quantitative estimate of drug-likeness (QED) is 0.478. The minimum absolute atomic E-state index is 0.634. The fourth-order valence-electron chi connectivity index (χ4n) is 1.12. The van der Waals surface area contributed by atoms with E-state index in [2.05, 4.69) is 32.9 Å². The molecular weight excluding hydrogens is 264 g/mol. The van der Waals surface area contributed by atoms with Crippen molar-refractivity contribution in [1.29, 1.82) is 0 Å². The zero-order valence-corrected chi connectivity index (χ0v) is 16.8. The second kappa shape index (κ2) is 9.01. The molecule has 0 atom stereocenters. The van der Waals surface area contributed by atoms with Gasteiger partial charge in [0, 0.05) is 6.42 Å². The first-order valence-corrected chi connectivity index (χ1v) is 9.48. The molecule has 0 rings (SSSR count). The maximum absolute atomic E-state index is 5.94. The molecule has 100 valence electrons. The van der Waals surface area contributed by atoms with Crippen LogP contribution in [0.2, 0.25) is 0 Å². The lowest BCUT2D eigenvalue weighted by molar-refractivity contribution is -0.254. The second-order valence-corrected chi connectivity index (χ2v) is 7.88. The molecule has 6 heteroatoms. The van der Waals surface area contributed by atoms with Gasteiger partial charge in [-0.05, 0) is 27.7 Å². The van der Waals surface area contributed by atoms with Crippen molar-refractivity contribution in [3.05, 3.63) is 22.5 Å². The Morgan fingerprint density at radius 2 is 1.53 bits per heavy atom. The molecule has 0 unspecified atom stereocenters. The average Bonchev–Trinajstić information content (AvgIpc) is 2.38. The highest BCUT2D eigenvalue weighted by Crippen LogP contribution is 2.19. The Morgan fingerprint density at radius 1 is 1.12 bits per heavy atom. The highest BCUT2D eigenvalue weighted by Gasteiger charge is 2.28. The maximum atomic E-state index is 5.94. The van der Waals surface area contributed by atoms with Gasteiger partial charge in [0.15, 0.2) is 30.0 Å². The van der Waals surface area contributed by atoms with Gasteiger partial charge in [-0.3, -0.25) is 0 Å². The number of allylic oxidation sites excluding steroid dienone is 4. The summed E-state index contributed by atoms with van der Waals surface area (Å²) in [6, 6.07) is 0. The van der Waals surface area contributed by atoms with Gasteiger partial charge in [-0.2, -0.15) is 0 Å². The fraction of sp³-hybridized carbons (Fsp3) is 0.636. The van der Waals surface area contributed by atoms with Crippen molar-refractivity contribution < 1.29 is 13.3 Å². The predicted octanol–water partition coefficient (Wildman–Crippen LogP) is 0.395. The van der Waals surface area contributed by atoms with Gasteiger partial charge < -0.3 is 13.3 Å². The summed E-state index contributed by atoms with van der Waals surface area (Å²) in [5, 5.41) is 2.66. The molecule has 0 N–H and O–H groups in total. The van der Waals surface area contributed by atoms with Crippen LogP contribution < -0.4 is 0 Å². The van der Waals surface area contributed by atoms with Crippen LogP contribution in [0, 0.1) is 0 Å². The van der Waals surface area contributed by atoms with Gasteiger partial charge in [-0.25, -0.2) is 0 Å². The van der Waals surface area contributed by atoms with E-state index in [9.17, 15) is 0 Å². The first-order valence-electron chi connectivity index (χ1n) is 6.10. The van der Waals surface area contributed by atoms with Crippen LogP contribution in [0.25, 0.3) is 0 Å². The maximum Gasteiger partial charge on any atom is 0.252 e. The Bertz CT molecular complexity index is 249. The van der Waals surface area contributed by atoms with Crippen LogP contribution in [-0.2, 0) is 13.3 Å². The molecule has 0 aliphatic heterocycles. The minimum atomic E-state index is -0.751. The van der Waals surface area contributed by atoms with Crippen molar-refractivity contribution in [3.8, 4) is 0 Å². The second-order valence-electron chi connectivity index (χ2n) is 4.09. The number of rotatable bonds is 8. The Balaban J connectivity index is 4.44. The topological polar surface area (TPSA) is 27.7 Å². The van der Waals surface area contributed by atoms with Crippen LogP contribution in [0.4, 0.5) is 0 Å². The summed E-state index contributed by atoms with van der Waals surface area (Å²) in [6.07, 6.45) is 4.97. The van der Waals surface area contributed by atoms with Crippen molar-refractivity contribution in [2.45, 2.75) is 47.0 Å². The van der Waals surface area contributed by atoms with Gasteiger partial charge in [0.1, 0.15) is 0 Å². The molecule has 0 amide bonds. The molecule has 0 aromatic heterocycles. The standard InChI is InChI=1S/C11H26O3Si3/c1-6-9(4)16-13-11(8-3,12-15)14-17-10(5)7-2/h6-7H,8,16-17H2,1-5,15H3. The van der Waals surface area contributed by atoms with Gasteiger partial charge in [0.25, 0.3) is 5.97 Å². The van der Waals surface area contributed by atoms with Crippen LogP contribution in [0.1, 0.15) is 41.0 Å². The molecule has 0 bridgehead atoms. The van der Waals surface area contributed by atoms with Gasteiger partial charge >= 0.3 is 0 Å². The summed E-state index contributed by atoms with van der Waals surface area (Å²) in [6.45, 7) is 10.3. The molecule has 0 aliphatic rings. The Hall–Kier alpha value is 0.0106. The summed E-state index contributed by atoms with van der Waals surface area (Å²) >= 11 is 0. The lowest BCUT2D eigenvalue weighted by Crippen LogP contribution is -2.40. The first-order chi connectivity index (χ1) is 8.03. The lowest BCUT2D eigenvalue weighted by Gasteiger charge is -2.33. The largest absolute Gasteiger partial charge is 0.382 e. The minimum Gasteiger partial charge on any atom is -0.382 e. The highest BCUT2D eigenvalue weighted by atomic mass is 28.2. The zero-order valence-electron chi connectivity index (χ0n) is 12.0. The van der Waals surface area contributed by atoms with E-state index < -0.39 is 25.5 Å². The van der Waals surface area contributed by atoms with Crippen LogP contribution in [0.3, 0.4) is 0 Å². The molecular formula is C11H26O3Si3. The van der Waals surface area contributed by atoms with Crippen LogP contribution in [0.5, 0.6) is 0 Å². The van der Waals surface area contributed by atoms with Crippen LogP contribution in [-0.4, -0.2) is 36.0 Å². The number of hydrogen-bond acceptors (Lipinski definition) is 3. The number of hydrogen-bond donors (Lipinski definition) is 0. The Kier molecular flexibility index (Phi) is 9.01. The van der Waals surface area contributed by atoms with Gasteiger partial charge in [0.2, 0.25) is 0 Å². The van der Waals surface area contributed by atoms with E-state index in [0.29, 0.717) is 10.5 Å². The van der Waals surface area contributed by atoms with E-state index in [-0.39, 0.29) is 0 Å². The molecule has 0 aliphatic carbocycles. The monoisotopic (exact) mass is 290 g/mol. The average molecular weight is 291 g/mol. The molecule has 0 fully saturated rings. The van der Waals surface area contributed by atoms with E-state index >= 15 is 0 Å². The molecule has 0 aromatic carbocycles. The van der Waals surface area contributed by atoms with Crippen molar-refractivity contribution in [2.75, 3.05) is 0 Å². The van der Waals surface area contributed by atoms with E-state index in [1.807, 2.05) is 13.8 Å². The van der Waals surface area contributed by atoms with Gasteiger partial charge in [0.05, 0.1) is 0 Å². The lowest BCUT2D eigenvalue weighted by atomic mass is 10.4. The molecule has 0 spiro atoms. The molecule has 0 saturated heterocycles. The summed E-state index contributed by atoms with van der Waals surface area (Å²) < 4.78 is 17.5. The van der Waals surface area contributed by atoms with E-state index in [4.69, 9.17) is 13.3 Å². The third-order valence-electron chi connectivity index (χ3n) is 2.77. The van der Waals surface area contributed by atoms with Crippen molar-refractivity contribution in [2.24, 2.45) is 0 Å². The summed E-state index contributed by atoms with van der Waals surface area (Å²) in [4.78, 5) is 0. The van der Waals surface area contributed by atoms with E-state index in [1.54, 1.807) is 0 Å². The molecule has 0 aromatic rings. The van der Waals surface area contributed by atoms with Crippen molar-refractivity contribution >= 4 is 30.0 Å². The Morgan fingerprint density at radius 3 is 1.76 bits per heavy atom. The van der Waals surface area contributed by atoms with Crippen molar-refractivity contribution in [3.63, 3.8) is 0 Å². The highest BCUT2D eigenvalue weighted by molar-refractivity contribution is 6.39. The first kappa shape index (κ1) is 17.0. The van der Waals surface area contributed by atoms with Crippen LogP contribution in [0.15, 0.2) is 22.5 Å². The van der Waals surface area contributed by atoms with E-state index in [1.165, 1.54) is 10.4 Å². The van der Waals surface area contributed by atoms with Gasteiger partial charge in [-0.1, -0.05) is 29.5 Å².